The molecule has 3 heteroatoms. The molecule has 0 nitrogen and oxygen atoms in total. The summed E-state index contributed by atoms with van der Waals surface area (Å²) < 4.78 is 15.3. The first-order valence-corrected chi connectivity index (χ1v) is 19.4. The van der Waals surface area contributed by atoms with Crippen molar-refractivity contribution in [1.29, 1.82) is 0 Å². The molecule has 0 radical (unpaired) electrons. The molecule has 2 aromatic rings. The maximum atomic E-state index is 14.0. The van der Waals surface area contributed by atoms with Crippen molar-refractivity contribution in [3.63, 3.8) is 0 Å². The summed E-state index contributed by atoms with van der Waals surface area (Å²) in [6, 6.07) is 16.0. The van der Waals surface area contributed by atoms with Crippen molar-refractivity contribution in [2.45, 2.75) is 48.0 Å². The van der Waals surface area contributed by atoms with Crippen molar-refractivity contribution in [3.05, 3.63) is 99.4 Å². The van der Waals surface area contributed by atoms with Crippen LogP contribution in [0.25, 0.3) is 5.57 Å². The summed E-state index contributed by atoms with van der Waals surface area (Å²) in [5.41, 5.74) is 11.0. The number of fused-ring (bicyclic) bond motifs is 1. The van der Waals surface area contributed by atoms with Gasteiger partial charge in [0, 0.05) is 0 Å². The molecule has 0 fully saturated rings. The van der Waals surface area contributed by atoms with Crippen LogP contribution in [0.5, 0.6) is 0 Å². The molecule has 29 heavy (non-hydrogen) atoms. The van der Waals surface area contributed by atoms with E-state index in [-0.39, 0.29) is 5.82 Å². The van der Waals surface area contributed by atoms with Gasteiger partial charge in [-0.1, -0.05) is 0 Å². The van der Waals surface area contributed by atoms with Crippen LogP contribution in [0.2, 0.25) is 16.7 Å². The average Bonchev–Trinajstić information content (AvgIpc) is 3.16. The van der Waals surface area contributed by atoms with E-state index in [0.29, 0.717) is 7.25 Å². The summed E-state index contributed by atoms with van der Waals surface area (Å²) in [5, 5.41) is 0. The van der Waals surface area contributed by atoms with Crippen LogP contribution in [0.3, 0.4) is 0 Å². The Balaban J connectivity index is 1.91. The second-order valence-electron chi connectivity index (χ2n) is 8.66. The first-order valence-electron chi connectivity index (χ1n) is 10.4. The molecule has 0 heterocycles. The molecule has 2 aliphatic carbocycles. The standard InChI is InChI=1S/C15H10F.C9H13.C2H6Si.Zr/c16-13-6-3-5-12(10-13)15-9-8-11-4-1-2-7-14(11)15;1-6-5-7(2)9(4)8(6)3;1-3-2;/h1-10H;5H,1-4H3;1-2H3;. The number of halogens is 1. The van der Waals surface area contributed by atoms with Crippen LogP contribution >= 0.6 is 0 Å². The quantitative estimate of drug-likeness (QED) is 0.396. The molecular weight excluding hydrogens is 451 g/mol. The van der Waals surface area contributed by atoms with E-state index in [9.17, 15) is 4.39 Å². The Morgan fingerprint density at radius 1 is 0.862 bits per heavy atom. The number of benzene rings is 2. The Morgan fingerprint density at radius 3 is 2.14 bits per heavy atom. The Hall–Kier alpha value is -1.31. The second-order valence-corrected chi connectivity index (χ2v) is 26.6. The van der Waals surface area contributed by atoms with Gasteiger partial charge < -0.3 is 0 Å². The molecule has 0 amide bonds. The van der Waals surface area contributed by atoms with Crippen LogP contribution < -0.4 is 0 Å². The van der Waals surface area contributed by atoms with Crippen molar-refractivity contribution >= 4 is 11.0 Å². The van der Waals surface area contributed by atoms with E-state index in [1.807, 2.05) is 6.07 Å². The second kappa shape index (κ2) is 8.08. The number of allylic oxidation sites excluding steroid dienone is 5. The van der Waals surface area contributed by atoms with Gasteiger partial charge in [-0.05, 0) is 0 Å². The Morgan fingerprint density at radius 2 is 1.52 bits per heavy atom. The van der Waals surface area contributed by atoms with E-state index in [1.165, 1.54) is 33.9 Å². The summed E-state index contributed by atoms with van der Waals surface area (Å²) in [7, 11) is 0. The molecule has 2 aromatic carbocycles. The maximum absolute atomic E-state index is 14.0. The topological polar surface area (TPSA) is 0 Å². The fourth-order valence-electron chi connectivity index (χ4n) is 5.12. The third-order valence-electron chi connectivity index (χ3n) is 6.89. The Labute approximate surface area is 182 Å². The molecule has 2 aliphatic rings. The van der Waals surface area contributed by atoms with Crippen molar-refractivity contribution < 1.29 is 24.8 Å². The van der Waals surface area contributed by atoms with E-state index in [2.05, 4.69) is 77.2 Å². The average molecular weight is 480 g/mol. The molecule has 0 bridgehead atoms. The molecule has 0 saturated carbocycles. The normalized spacial score (nSPS) is 19.0. The van der Waals surface area contributed by atoms with Crippen LogP contribution in [-0.4, -0.2) is 5.43 Å². The first kappa shape index (κ1) is 20.9. The monoisotopic (exact) mass is 478 g/mol. The molecule has 4 rings (SSSR count). The Kier molecular flexibility index (Phi) is 5.84. The zero-order chi connectivity index (χ0) is 20.9. The van der Waals surface area contributed by atoms with E-state index in [0.717, 1.165) is 5.56 Å². The summed E-state index contributed by atoms with van der Waals surface area (Å²) in [4.78, 5) is 0. The van der Waals surface area contributed by atoms with Crippen LogP contribution in [0.15, 0.2) is 76.9 Å². The summed E-state index contributed by atoms with van der Waals surface area (Å²) in [6.07, 6.45) is 2.52. The third kappa shape index (κ3) is 3.55. The van der Waals surface area contributed by atoms with Gasteiger partial charge in [0.15, 0.2) is 0 Å². The zero-order valence-electron chi connectivity index (χ0n) is 18.2. The van der Waals surface area contributed by atoms with Gasteiger partial charge in [0.25, 0.3) is 0 Å². The minimum absolute atomic E-state index is 0.154. The van der Waals surface area contributed by atoms with E-state index in [4.69, 9.17) is 0 Å². The fourth-order valence-corrected chi connectivity index (χ4v) is 25.7. The van der Waals surface area contributed by atoms with Crippen LogP contribution in [0, 0.1) is 5.82 Å². The Bertz CT molecular complexity index is 1100. The predicted molar refractivity (Wildman–Crippen MR) is 121 cm³/mol. The zero-order valence-corrected chi connectivity index (χ0v) is 21.7. The molecule has 1 atom stereocenters. The molecule has 1 unspecified atom stereocenters. The van der Waals surface area contributed by atoms with Gasteiger partial charge in [-0.3, -0.25) is 0 Å². The van der Waals surface area contributed by atoms with Crippen LogP contribution in [-0.2, 0) is 20.4 Å². The number of hydrogen-bond acceptors (Lipinski definition) is 0. The number of rotatable bonds is 3. The van der Waals surface area contributed by atoms with Gasteiger partial charge in [-0.25, -0.2) is 0 Å². The van der Waals surface area contributed by atoms with Crippen molar-refractivity contribution in [3.8, 4) is 0 Å². The van der Waals surface area contributed by atoms with E-state index in [1.54, 1.807) is 17.2 Å². The molecule has 148 valence electrons. The van der Waals surface area contributed by atoms with Gasteiger partial charge in [-0.15, -0.1) is 0 Å². The molecule has 0 aromatic heterocycles. The third-order valence-corrected chi connectivity index (χ3v) is 26.6. The van der Waals surface area contributed by atoms with Crippen molar-refractivity contribution in [1.82, 2.24) is 0 Å². The van der Waals surface area contributed by atoms with Crippen LogP contribution in [0.4, 0.5) is 4.39 Å². The molecular formula is C26H29FSiZr. The summed E-state index contributed by atoms with van der Waals surface area (Å²) >= 11 is -1.94. The van der Waals surface area contributed by atoms with Gasteiger partial charge in [0.05, 0.1) is 0 Å². The minimum atomic E-state index is -1.94. The van der Waals surface area contributed by atoms with Gasteiger partial charge in [-0.2, -0.15) is 0 Å². The summed E-state index contributed by atoms with van der Waals surface area (Å²) in [6.45, 7) is 14.5. The molecule has 0 aliphatic heterocycles. The van der Waals surface area contributed by atoms with Gasteiger partial charge >= 0.3 is 183 Å². The molecule has 0 N–H and O–H groups in total. The molecule has 0 saturated heterocycles. The summed E-state index contributed by atoms with van der Waals surface area (Å²) in [5.74, 6) is -0.154. The van der Waals surface area contributed by atoms with Crippen molar-refractivity contribution in [2.75, 3.05) is 0 Å². The van der Waals surface area contributed by atoms with Gasteiger partial charge in [0.1, 0.15) is 0 Å². The predicted octanol–water partition coefficient (Wildman–Crippen LogP) is 7.66. The SMILES string of the molecule is CC1=C(C)[CH]([Zr]([CH]2C=C(c3cccc(F)c3)c3ccccc32)=[Si](C)C)C(C)=C1C. The number of hydrogen-bond donors (Lipinski definition) is 0. The van der Waals surface area contributed by atoms with Gasteiger partial charge in [0.2, 0.25) is 0 Å². The van der Waals surface area contributed by atoms with E-state index >= 15 is 0 Å². The fraction of sp³-hybridized carbons (Fsp3) is 0.308. The van der Waals surface area contributed by atoms with Crippen molar-refractivity contribution in [2.24, 2.45) is 0 Å². The van der Waals surface area contributed by atoms with Crippen LogP contribution in [0.1, 0.15) is 48.0 Å². The van der Waals surface area contributed by atoms with E-state index < -0.39 is 25.8 Å². The first-order chi connectivity index (χ1) is 13.8. The molecule has 0 spiro atoms.